The first-order chi connectivity index (χ1) is 20.5. The normalized spacial score (nSPS) is 13.5. The molecule has 0 bridgehead atoms. The van der Waals surface area contributed by atoms with Crippen LogP contribution in [0.1, 0.15) is 26.9 Å². The number of hydrogen-bond donors (Lipinski definition) is 0. The number of piperazine rings is 1. The number of nitrogens with zero attached hydrogens (tertiary/aromatic N) is 6. The lowest BCUT2D eigenvalue weighted by atomic mass is 10.1. The van der Waals surface area contributed by atoms with Crippen molar-refractivity contribution in [3.63, 3.8) is 0 Å². The van der Waals surface area contributed by atoms with Crippen molar-refractivity contribution in [2.24, 2.45) is 0 Å². The molecule has 3 heterocycles. The van der Waals surface area contributed by atoms with Gasteiger partial charge in [0.2, 0.25) is 0 Å². The molecular weight excluding hydrogens is 631 g/mol. The van der Waals surface area contributed by atoms with Gasteiger partial charge in [-0.2, -0.15) is 0 Å². The zero-order valence-electron chi connectivity index (χ0n) is 22.3. The average Bonchev–Trinajstić information content (AvgIpc) is 3.65. The Morgan fingerprint density at radius 3 is 2.38 bits per heavy atom. The number of carbonyl (C=O) groups excluding carboxylic acids is 1. The fraction of sp³-hybridized carbons (Fsp3) is 0.200. The van der Waals surface area contributed by atoms with E-state index in [2.05, 4.69) is 32.2 Å². The van der Waals surface area contributed by atoms with E-state index in [-0.39, 0.29) is 5.91 Å². The minimum Gasteiger partial charge on any atom is -0.367 e. The van der Waals surface area contributed by atoms with E-state index in [1.807, 2.05) is 69.4 Å². The van der Waals surface area contributed by atoms with Gasteiger partial charge in [-0.1, -0.05) is 89.0 Å². The number of amides is 1. The van der Waals surface area contributed by atoms with Crippen LogP contribution in [0.25, 0.3) is 5.69 Å². The zero-order valence-corrected chi connectivity index (χ0v) is 26.2. The fourth-order valence-electron chi connectivity index (χ4n) is 4.79. The molecule has 1 aliphatic rings. The van der Waals surface area contributed by atoms with Crippen LogP contribution in [0.5, 0.6) is 0 Å². The first kappa shape index (κ1) is 29.0. The minimum absolute atomic E-state index is 0.0505. The highest BCUT2D eigenvalue weighted by molar-refractivity contribution is 7.98. The van der Waals surface area contributed by atoms with Crippen molar-refractivity contribution in [1.29, 1.82) is 0 Å². The fourth-order valence-corrected chi connectivity index (χ4v) is 7.10. The third-order valence-corrected chi connectivity index (χ3v) is 9.95. The summed E-state index contributed by atoms with van der Waals surface area (Å²) in [4.78, 5) is 22.0. The SMILES string of the molecule is O=C(c1csc(CSc2nnc(Cc3ccccc3)n2-c2ccc(Cl)c(Cl)c2)n1)N1CCN(c2ccccc2Cl)CC1. The van der Waals surface area contributed by atoms with Crippen molar-refractivity contribution in [2.75, 3.05) is 31.1 Å². The molecule has 0 spiro atoms. The molecule has 0 atom stereocenters. The Kier molecular flexibility index (Phi) is 9.02. The monoisotopic (exact) mass is 654 g/mol. The van der Waals surface area contributed by atoms with Gasteiger partial charge in [-0.25, -0.2) is 4.98 Å². The Balaban J connectivity index is 1.14. The van der Waals surface area contributed by atoms with Crippen LogP contribution in [-0.2, 0) is 12.2 Å². The second kappa shape index (κ2) is 13.1. The molecule has 0 N–H and O–H groups in total. The summed E-state index contributed by atoms with van der Waals surface area (Å²) < 4.78 is 2.00. The third kappa shape index (κ3) is 6.45. The summed E-state index contributed by atoms with van der Waals surface area (Å²) in [6, 6.07) is 23.4. The highest BCUT2D eigenvalue weighted by atomic mass is 35.5. The van der Waals surface area contributed by atoms with Crippen LogP contribution in [-0.4, -0.2) is 56.7 Å². The van der Waals surface area contributed by atoms with Crippen LogP contribution in [0, 0.1) is 0 Å². The number of thioether (sulfide) groups is 1. The lowest BCUT2D eigenvalue weighted by molar-refractivity contribution is 0.0741. The van der Waals surface area contributed by atoms with Gasteiger partial charge in [-0.05, 0) is 35.9 Å². The van der Waals surface area contributed by atoms with Gasteiger partial charge in [0, 0.05) is 38.0 Å². The Bertz CT molecular complexity index is 1700. The molecule has 0 aliphatic carbocycles. The van der Waals surface area contributed by atoms with E-state index in [4.69, 9.17) is 34.8 Å². The van der Waals surface area contributed by atoms with Gasteiger partial charge in [0.25, 0.3) is 5.91 Å². The lowest BCUT2D eigenvalue weighted by Crippen LogP contribution is -2.49. The maximum atomic E-state index is 13.2. The number of anilines is 1. The number of carbonyl (C=O) groups is 1. The number of hydrogen-bond acceptors (Lipinski definition) is 7. The van der Waals surface area contributed by atoms with Crippen molar-refractivity contribution in [2.45, 2.75) is 17.3 Å². The Morgan fingerprint density at radius 2 is 1.62 bits per heavy atom. The molecule has 1 aliphatic heterocycles. The van der Waals surface area contributed by atoms with Crippen LogP contribution < -0.4 is 4.90 Å². The summed E-state index contributed by atoms with van der Waals surface area (Å²) in [5.41, 5.74) is 3.42. The molecule has 5 aromatic rings. The molecule has 1 saturated heterocycles. The molecule has 214 valence electrons. The van der Waals surface area contributed by atoms with Gasteiger partial charge >= 0.3 is 0 Å². The van der Waals surface area contributed by atoms with E-state index < -0.39 is 0 Å². The van der Waals surface area contributed by atoms with Crippen LogP contribution in [0.2, 0.25) is 15.1 Å². The second-order valence-electron chi connectivity index (χ2n) is 9.64. The van der Waals surface area contributed by atoms with Gasteiger partial charge in [0.1, 0.15) is 16.5 Å². The van der Waals surface area contributed by atoms with E-state index in [0.29, 0.717) is 46.2 Å². The standard InChI is InChI=1S/C30H25Cl3N6OS2/c31-22-11-10-21(17-24(22)33)39-27(16-20-6-2-1-3-7-20)35-36-30(39)42-19-28-34-25(18-41-28)29(40)38-14-12-37(13-15-38)26-9-5-4-8-23(26)32/h1-11,17-18H,12-16,19H2. The molecule has 3 aromatic carbocycles. The Hall–Kier alpha value is -3.08. The largest absolute Gasteiger partial charge is 0.367 e. The van der Waals surface area contributed by atoms with Gasteiger partial charge in [0.15, 0.2) is 5.16 Å². The number of thiazole rings is 1. The van der Waals surface area contributed by atoms with Crippen molar-refractivity contribution in [1.82, 2.24) is 24.6 Å². The summed E-state index contributed by atoms with van der Waals surface area (Å²) in [7, 11) is 0. The van der Waals surface area contributed by atoms with Crippen molar-refractivity contribution >= 4 is 69.5 Å². The predicted molar refractivity (Wildman–Crippen MR) is 172 cm³/mol. The molecule has 12 heteroatoms. The van der Waals surface area contributed by atoms with Gasteiger partial charge in [0.05, 0.1) is 32.2 Å². The summed E-state index contributed by atoms with van der Waals surface area (Å²) in [6.45, 7) is 2.67. The average molecular weight is 656 g/mol. The number of halogens is 3. The van der Waals surface area contributed by atoms with Crippen molar-refractivity contribution in [3.05, 3.63) is 115 Å². The number of para-hydroxylation sites is 1. The quantitative estimate of drug-likeness (QED) is 0.161. The predicted octanol–water partition coefficient (Wildman–Crippen LogP) is 7.53. The molecule has 1 fully saturated rings. The van der Waals surface area contributed by atoms with Crippen molar-refractivity contribution in [3.8, 4) is 5.69 Å². The summed E-state index contributed by atoms with van der Waals surface area (Å²) in [5, 5.41) is 14.1. The molecule has 0 saturated carbocycles. The molecule has 1 amide bonds. The summed E-state index contributed by atoms with van der Waals surface area (Å²) in [6.07, 6.45) is 0.605. The molecule has 0 radical (unpaired) electrons. The minimum atomic E-state index is -0.0505. The van der Waals surface area contributed by atoms with E-state index in [0.717, 1.165) is 45.9 Å². The highest BCUT2D eigenvalue weighted by Gasteiger charge is 2.25. The maximum absolute atomic E-state index is 13.2. The van der Waals surface area contributed by atoms with Gasteiger partial charge in [-0.15, -0.1) is 21.5 Å². The maximum Gasteiger partial charge on any atom is 0.273 e. The first-order valence-electron chi connectivity index (χ1n) is 13.3. The third-order valence-electron chi connectivity index (χ3n) is 6.92. The van der Waals surface area contributed by atoms with Crippen LogP contribution in [0.3, 0.4) is 0 Å². The Labute approximate surface area is 267 Å². The van der Waals surface area contributed by atoms with Crippen molar-refractivity contribution < 1.29 is 4.79 Å². The number of rotatable bonds is 8. The van der Waals surface area contributed by atoms with Gasteiger partial charge in [-0.3, -0.25) is 9.36 Å². The smallest absolute Gasteiger partial charge is 0.273 e. The molecule has 42 heavy (non-hydrogen) atoms. The van der Waals surface area contributed by atoms with Gasteiger partial charge < -0.3 is 9.80 Å². The number of benzene rings is 3. The van der Waals surface area contributed by atoms with E-state index in [9.17, 15) is 4.79 Å². The van der Waals surface area contributed by atoms with Crippen LogP contribution in [0.4, 0.5) is 5.69 Å². The summed E-state index contributed by atoms with van der Waals surface area (Å²) >= 11 is 21.9. The summed E-state index contributed by atoms with van der Waals surface area (Å²) in [5.74, 6) is 1.28. The molecule has 7 nitrogen and oxygen atoms in total. The molecular formula is C30H25Cl3N6OS2. The molecule has 0 unspecified atom stereocenters. The second-order valence-corrected chi connectivity index (χ2v) is 12.7. The number of aromatic nitrogens is 4. The van der Waals surface area contributed by atoms with Crippen LogP contribution in [0.15, 0.2) is 83.3 Å². The van der Waals surface area contributed by atoms with E-state index in [1.54, 1.807) is 6.07 Å². The molecule has 2 aromatic heterocycles. The van der Waals surface area contributed by atoms with E-state index in [1.165, 1.54) is 23.1 Å². The highest BCUT2D eigenvalue weighted by Crippen LogP contribution is 2.31. The first-order valence-corrected chi connectivity index (χ1v) is 16.3. The Morgan fingerprint density at radius 1 is 0.857 bits per heavy atom. The zero-order chi connectivity index (χ0) is 29.1. The topological polar surface area (TPSA) is 67.2 Å². The molecule has 6 rings (SSSR count). The van der Waals surface area contributed by atoms with E-state index >= 15 is 0 Å². The van der Waals surface area contributed by atoms with Crippen LogP contribution >= 0.6 is 57.9 Å². The lowest BCUT2D eigenvalue weighted by Gasteiger charge is -2.36.